The van der Waals surface area contributed by atoms with Crippen molar-refractivity contribution in [3.63, 3.8) is 0 Å². The average molecular weight is 409 g/mol. The van der Waals surface area contributed by atoms with Gasteiger partial charge in [-0.3, -0.25) is 4.90 Å². The highest BCUT2D eigenvalue weighted by Gasteiger charge is 2.33. The summed E-state index contributed by atoms with van der Waals surface area (Å²) in [6.45, 7) is 1.47. The van der Waals surface area contributed by atoms with E-state index in [0.717, 1.165) is 35.1 Å². The molecule has 1 amide bonds. The summed E-state index contributed by atoms with van der Waals surface area (Å²) in [6, 6.07) is 15.4. The number of aliphatic carboxylic acids is 1. The highest BCUT2D eigenvalue weighted by Crippen LogP contribution is 2.44. The van der Waals surface area contributed by atoms with Crippen molar-refractivity contribution in [3.05, 3.63) is 59.7 Å². The number of carboxylic acids is 1. The van der Waals surface area contributed by atoms with Crippen molar-refractivity contribution in [2.45, 2.75) is 31.2 Å². The Morgan fingerprint density at radius 3 is 2.20 bits per heavy atom. The van der Waals surface area contributed by atoms with E-state index < -0.39 is 18.1 Å². The van der Waals surface area contributed by atoms with Crippen LogP contribution in [0.15, 0.2) is 48.5 Å². The highest BCUT2D eigenvalue weighted by atomic mass is 16.6. The van der Waals surface area contributed by atoms with Crippen LogP contribution in [0.4, 0.5) is 4.79 Å². The van der Waals surface area contributed by atoms with E-state index in [1.807, 2.05) is 24.3 Å². The van der Waals surface area contributed by atoms with E-state index in [4.69, 9.17) is 9.47 Å². The lowest BCUT2D eigenvalue weighted by Gasteiger charge is -2.30. The van der Waals surface area contributed by atoms with E-state index in [2.05, 4.69) is 24.3 Å². The minimum absolute atomic E-state index is 0.0477. The second-order valence-electron chi connectivity index (χ2n) is 8.06. The molecule has 0 bridgehead atoms. The zero-order valence-electron chi connectivity index (χ0n) is 17.1. The van der Waals surface area contributed by atoms with Gasteiger partial charge in [0.25, 0.3) is 0 Å². The third kappa shape index (κ3) is 4.05. The number of likely N-dealkylation sites (N-methyl/N-ethyl adjacent to an activating group) is 1. The fourth-order valence-electron chi connectivity index (χ4n) is 4.55. The van der Waals surface area contributed by atoms with E-state index in [1.54, 1.807) is 0 Å². The summed E-state index contributed by atoms with van der Waals surface area (Å²) in [6.07, 6.45) is 1.46. The first kappa shape index (κ1) is 20.4. The van der Waals surface area contributed by atoms with Gasteiger partial charge >= 0.3 is 12.1 Å². The molecular weight excluding hydrogens is 382 g/mol. The number of rotatable bonds is 6. The lowest BCUT2D eigenvalue weighted by molar-refractivity contribution is -0.143. The maximum Gasteiger partial charge on any atom is 0.410 e. The fourth-order valence-corrected chi connectivity index (χ4v) is 4.55. The summed E-state index contributed by atoms with van der Waals surface area (Å²) in [4.78, 5) is 25.8. The number of fused-ring (bicyclic) bond motifs is 3. The van der Waals surface area contributed by atoms with Crippen LogP contribution in [0, 0.1) is 5.92 Å². The van der Waals surface area contributed by atoms with Crippen LogP contribution >= 0.6 is 0 Å². The van der Waals surface area contributed by atoms with Gasteiger partial charge in [-0.25, -0.2) is 9.59 Å². The molecule has 2 aromatic rings. The third-order valence-electron chi connectivity index (χ3n) is 6.27. The number of benzene rings is 2. The van der Waals surface area contributed by atoms with Gasteiger partial charge < -0.3 is 14.6 Å². The number of carbonyl (C=O) groups excluding carboxylic acids is 1. The van der Waals surface area contributed by atoms with Crippen molar-refractivity contribution < 1.29 is 24.2 Å². The van der Waals surface area contributed by atoms with E-state index >= 15 is 0 Å². The molecule has 2 aliphatic rings. The molecule has 0 radical (unpaired) electrons. The van der Waals surface area contributed by atoms with Gasteiger partial charge in [-0.05, 0) is 47.4 Å². The van der Waals surface area contributed by atoms with Crippen LogP contribution in [0.5, 0.6) is 0 Å². The maximum atomic E-state index is 12.7. The molecule has 1 saturated heterocycles. The maximum absolute atomic E-state index is 12.7. The van der Waals surface area contributed by atoms with Gasteiger partial charge in [0.2, 0.25) is 0 Å². The van der Waals surface area contributed by atoms with Gasteiger partial charge in [0.15, 0.2) is 0 Å². The molecular formula is C24H27NO5. The zero-order valence-corrected chi connectivity index (χ0v) is 17.1. The monoisotopic (exact) mass is 409 g/mol. The van der Waals surface area contributed by atoms with Gasteiger partial charge in [-0.2, -0.15) is 0 Å². The van der Waals surface area contributed by atoms with Crippen LogP contribution in [0.3, 0.4) is 0 Å². The van der Waals surface area contributed by atoms with Crippen molar-refractivity contribution in [2.24, 2.45) is 5.92 Å². The van der Waals surface area contributed by atoms with Gasteiger partial charge in [0.1, 0.15) is 12.6 Å². The first-order valence-corrected chi connectivity index (χ1v) is 10.4. The molecule has 1 unspecified atom stereocenters. The SMILES string of the molecule is CN(C(=O)OCC1c2ccccc2-c2ccccc21)C(CC1CCOCC1)C(=O)O. The normalized spacial score (nSPS) is 17.1. The van der Waals surface area contributed by atoms with E-state index in [0.29, 0.717) is 19.6 Å². The number of ether oxygens (including phenoxy) is 2. The Kier molecular flexibility index (Phi) is 6.04. The molecule has 0 spiro atoms. The van der Waals surface area contributed by atoms with Gasteiger partial charge in [-0.1, -0.05) is 48.5 Å². The largest absolute Gasteiger partial charge is 0.480 e. The Labute approximate surface area is 176 Å². The second-order valence-corrected chi connectivity index (χ2v) is 8.06. The summed E-state index contributed by atoms with van der Waals surface area (Å²) >= 11 is 0. The third-order valence-corrected chi connectivity index (χ3v) is 6.27. The molecule has 1 heterocycles. The molecule has 2 aromatic carbocycles. The van der Waals surface area contributed by atoms with Crippen LogP contribution in [-0.4, -0.2) is 55.0 Å². The number of nitrogens with zero attached hydrogens (tertiary/aromatic N) is 1. The first-order chi connectivity index (χ1) is 14.6. The fraction of sp³-hybridized carbons (Fsp3) is 0.417. The van der Waals surface area contributed by atoms with Crippen molar-refractivity contribution >= 4 is 12.1 Å². The van der Waals surface area contributed by atoms with Gasteiger partial charge in [-0.15, -0.1) is 0 Å². The molecule has 1 aliphatic heterocycles. The molecule has 6 nitrogen and oxygen atoms in total. The predicted molar refractivity (Wildman–Crippen MR) is 112 cm³/mol. The zero-order chi connectivity index (χ0) is 21.1. The van der Waals surface area contributed by atoms with E-state index in [9.17, 15) is 14.7 Å². The van der Waals surface area contributed by atoms with Crippen LogP contribution in [0.1, 0.15) is 36.3 Å². The Bertz CT molecular complexity index is 876. The highest BCUT2D eigenvalue weighted by molar-refractivity contribution is 5.81. The molecule has 0 aromatic heterocycles. The van der Waals surface area contributed by atoms with Gasteiger partial charge in [0, 0.05) is 26.2 Å². The second kappa shape index (κ2) is 8.88. The number of hydrogen-bond acceptors (Lipinski definition) is 4. The molecule has 0 saturated carbocycles. The first-order valence-electron chi connectivity index (χ1n) is 10.4. The number of amides is 1. The van der Waals surface area contributed by atoms with E-state index in [1.165, 1.54) is 11.9 Å². The van der Waals surface area contributed by atoms with Crippen molar-refractivity contribution in [1.29, 1.82) is 0 Å². The van der Waals surface area contributed by atoms with Crippen LogP contribution in [0.25, 0.3) is 11.1 Å². The van der Waals surface area contributed by atoms with Crippen molar-refractivity contribution in [3.8, 4) is 11.1 Å². The van der Waals surface area contributed by atoms with E-state index in [-0.39, 0.29) is 18.4 Å². The lowest BCUT2D eigenvalue weighted by Crippen LogP contribution is -2.44. The summed E-state index contributed by atoms with van der Waals surface area (Å²) in [5.74, 6) is -0.810. The topological polar surface area (TPSA) is 76.1 Å². The predicted octanol–water partition coefficient (Wildman–Crippen LogP) is 4.14. The van der Waals surface area contributed by atoms with Crippen molar-refractivity contribution in [1.82, 2.24) is 4.90 Å². The Hall–Kier alpha value is -2.86. The summed E-state index contributed by atoms with van der Waals surface area (Å²) in [7, 11) is 1.51. The number of hydrogen-bond donors (Lipinski definition) is 1. The molecule has 6 heteroatoms. The molecule has 1 aliphatic carbocycles. The molecule has 30 heavy (non-hydrogen) atoms. The number of carbonyl (C=O) groups is 2. The molecule has 1 fully saturated rings. The standard InChI is InChI=1S/C24H27NO5/c1-25(22(23(26)27)14-16-10-12-29-13-11-16)24(28)30-15-21-19-8-4-2-6-17(19)18-7-3-5-9-20(18)21/h2-9,16,21-22H,10-15H2,1H3,(H,26,27). The molecule has 4 rings (SSSR count). The molecule has 1 N–H and O–H groups in total. The smallest absolute Gasteiger partial charge is 0.410 e. The summed E-state index contributed by atoms with van der Waals surface area (Å²) < 4.78 is 11.0. The van der Waals surface area contributed by atoms with Crippen LogP contribution in [0.2, 0.25) is 0 Å². The minimum Gasteiger partial charge on any atom is -0.480 e. The molecule has 1 atom stereocenters. The molecule has 158 valence electrons. The van der Waals surface area contributed by atoms with Gasteiger partial charge in [0.05, 0.1) is 0 Å². The summed E-state index contributed by atoms with van der Waals surface area (Å²) in [5, 5.41) is 9.68. The Morgan fingerprint density at radius 1 is 1.07 bits per heavy atom. The number of carboxylic acid groups (broad SMARTS) is 1. The van der Waals surface area contributed by atoms with Crippen LogP contribution < -0.4 is 0 Å². The lowest BCUT2D eigenvalue weighted by atomic mass is 9.92. The Morgan fingerprint density at radius 2 is 1.63 bits per heavy atom. The summed E-state index contributed by atoms with van der Waals surface area (Å²) in [5.41, 5.74) is 4.58. The van der Waals surface area contributed by atoms with Crippen LogP contribution in [-0.2, 0) is 14.3 Å². The quantitative estimate of drug-likeness (QED) is 0.776. The Balaban J connectivity index is 1.44. The minimum atomic E-state index is -1.00. The average Bonchev–Trinajstić information content (AvgIpc) is 3.09. The van der Waals surface area contributed by atoms with Crippen molar-refractivity contribution in [2.75, 3.05) is 26.9 Å².